The number of benzene rings is 2. The Morgan fingerprint density at radius 3 is 2.51 bits per heavy atom. The molecule has 178 valence electrons. The van der Waals surface area contributed by atoms with Crippen LogP contribution in [0.5, 0.6) is 0 Å². The summed E-state index contributed by atoms with van der Waals surface area (Å²) in [5, 5.41) is 22.6. The zero-order valence-electron chi connectivity index (χ0n) is 19.9. The van der Waals surface area contributed by atoms with Crippen molar-refractivity contribution in [3.63, 3.8) is 0 Å². The van der Waals surface area contributed by atoms with Gasteiger partial charge >= 0.3 is 5.97 Å². The monoisotopic (exact) mass is 485 g/mol. The standard InChI is InChI=1S/C27H27N5O2S/c1-16-17(2)35-27-24(16)25(29-22(15-23(33)34)26-31-30-18(3)32(26)27)20-9-11-21(12-10-20)28-14-13-19-7-5-4-6-8-19/h4-12,22,28H,13-15H2,1-3H3,(H,33,34)/t22-/m0/s1. The van der Waals surface area contributed by atoms with Crippen LogP contribution in [0.1, 0.15) is 51.2 Å². The van der Waals surface area contributed by atoms with Gasteiger partial charge in [-0.05, 0) is 50.5 Å². The van der Waals surface area contributed by atoms with Gasteiger partial charge in [-0.2, -0.15) is 0 Å². The van der Waals surface area contributed by atoms with Crippen LogP contribution >= 0.6 is 11.3 Å². The maximum atomic E-state index is 11.7. The molecule has 1 aliphatic rings. The van der Waals surface area contributed by atoms with Gasteiger partial charge in [0, 0.05) is 28.2 Å². The summed E-state index contributed by atoms with van der Waals surface area (Å²) in [6.45, 7) is 6.92. The van der Waals surface area contributed by atoms with Crippen LogP contribution in [-0.2, 0) is 11.2 Å². The van der Waals surface area contributed by atoms with E-state index in [9.17, 15) is 9.90 Å². The second-order valence-electron chi connectivity index (χ2n) is 8.74. The van der Waals surface area contributed by atoms with E-state index in [1.165, 1.54) is 10.4 Å². The van der Waals surface area contributed by atoms with Gasteiger partial charge in [0.15, 0.2) is 5.82 Å². The van der Waals surface area contributed by atoms with Gasteiger partial charge in [0.1, 0.15) is 16.9 Å². The quantitative estimate of drug-likeness (QED) is 0.372. The summed E-state index contributed by atoms with van der Waals surface area (Å²) < 4.78 is 1.98. The van der Waals surface area contributed by atoms with Crippen molar-refractivity contribution >= 4 is 28.7 Å². The Morgan fingerprint density at radius 2 is 1.80 bits per heavy atom. The van der Waals surface area contributed by atoms with E-state index in [-0.39, 0.29) is 6.42 Å². The van der Waals surface area contributed by atoms with E-state index in [1.54, 1.807) is 11.3 Å². The van der Waals surface area contributed by atoms with Crippen molar-refractivity contribution in [1.82, 2.24) is 14.8 Å². The normalized spacial score (nSPS) is 14.6. The number of aryl methyl sites for hydroxylation is 2. The van der Waals surface area contributed by atoms with E-state index >= 15 is 0 Å². The van der Waals surface area contributed by atoms with Gasteiger partial charge in [-0.25, -0.2) is 0 Å². The molecule has 0 radical (unpaired) electrons. The average molecular weight is 486 g/mol. The Balaban J connectivity index is 1.49. The lowest BCUT2D eigenvalue weighted by molar-refractivity contribution is -0.137. The molecular formula is C27H27N5O2S. The minimum atomic E-state index is -0.915. The Kier molecular flexibility index (Phi) is 6.21. The fraction of sp³-hybridized carbons (Fsp3) is 0.259. The number of hydrogen-bond acceptors (Lipinski definition) is 6. The van der Waals surface area contributed by atoms with E-state index in [2.05, 4.69) is 77.9 Å². The number of carbonyl (C=O) groups is 1. The molecule has 2 aromatic carbocycles. The number of nitrogens with one attached hydrogen (secondary N) is 1. The smallest absolute Gasteiger partial charge is 0.306 e. The van der Waals surface area contributed by atoms with Gasteiger partial charge in [0.25, 0.3) is 0 Å². The van der Waals surface area contributed by atoms with Crippen molar-refractivity contribution in [2.75, 3.05) is 11.9 Å². The van der Waals surface area contributed by atoms with Gasteiger partial charge in [-0.1, -0.05) is 42.5 Å². The number of aliphatic carboxylic acids is 1. The Morgan fingerprint density at radius 1 is 1.06 bits per heavy atom. The molecule has 2 aromatic heterocycles. The van der Waals surface area contributed by atoms with Crippen LogP contribution in [-0.4, -0.2) is 38.1 Å². The van der Waals surface area contributed by atoms with Crippen LogP contribution in [0.15, 0.2) is 59.6 Å². The lowest BCUT2D eigenvalue weighted by atomic mass is 9.99. The van der Waals surface area contributed by atoms with Gasteiger partial charge in [0.05, 0.1) is 12.1 Å². The van der Waals surface area contributed by atoms with Crippen molar-refractivity contribution in [3.05, 3.63) is 93.4 Å². The van der Waals surface area contributed by atoms with Gasteiger partial charge in [-0.3, -0.25) is 14.4 Å². The Labute approximate surface area is 208 Å². The molecule has 8 heteroatoms. The largest absolute Gasteiger partial charge is 0.481 e. The number of nitrogens with zero attached hydrogens (tertiary/aromatic N) is 4. The topological polar surface area (TPSA) is 92.4 Å². The first-order chi connectivity index (χ1) is 16.9. The average Bonchev–Trinajstić information content (AvgIpc) is 3.32. The molecule has 4 aromatic rings. The van der Waals surface area contributed by atoms with E-state index in [0.29, 0.717) is 5.82 Å². The van der Waals surface area contributed by atoms with Crippen LogP contribution in [0.25, 0.3) is 5.00 Å². The van der Waals surface area contributed by atoms with Crippen LogP contribution in [0.4, 0.5) is 5.69 Å². The highest BCUT2D eigenvalue weighted by Crippen LogP contribution is 2.39. The first-order valence-corrected chi connectivity index (χ1v) is 12.4. The summed E-state index contributed by atoms with van der Waals surface area (Å²) in [5.74, 6) is 0.385. The number of aliphatic imine (C=N–C) groups is 1. The minimum absolute atomic E-state index is 0.145. The molecule has 0 amide bonds. The first-order valence-electron chi connectivity index (χ1n) is 11.6. The summed E-state index contributed by atoms with van der Waals surface area (Å²) in [5.41, 5.74) is 6.25. The number of carboxylic acids is 1. The molecule has 1 aliphatic heterocycles. The van der Waals surface area contributed by atoms with E-state index in [4.69, 9.17) is 4.99 Å². The summed E-state index contributed by atoms with van der Waals surface area (Å²) in [6.07, 6.45) is 0.801. The van der Waals surface area contributed by atoms with Crippen molar-refractivity contribution < 1.29 is 9.90 Å². The van der Waals surface area contributed by atoms with Crippen molar-refractivity contribution in [3.8, 4) is 5.00 Å². The van der Waals surface area contributed by atoms with Gasteiger partial charge in [-0.15, -0.1) is 21.5 Å². The molecule has 1 atom stereocenters. The zero-order valence-corrected chi connectivity index (χ0v) is 20.8. The second kappa shape index (κ2) is 9.46. The van der Waals surface area contributed by atoms with Crippen LogP contribution in [0.2, 0.25) is 0 Å². The fourth-order valence-electron chi connectivity index (χ4n) is 4.43. The fourth-order valence-corrected chi connectivity index (χ4v) is 5.65. The number of anilines is 1. The Hall–Kier alpha value is -3.78. The third kappa shape index (κ3) is 4.49. The van der Waals surface area contributed by atoms with Gasteiger partial charge in [0.2, 0.25) is 0 Å². The lowest BCUT2D eigenvalue weighted by Gasteiger charge is -2.12. The molecule has 0 spiro atoms. The Bertz CT molecular complexity index is 1400. The summed E-state index contributed by atoms with van der Waals surface area (Å²) in [7, 11) is 0. The molecular weight excluding hydrogens is 458 g/mol. The molecule has 0 saturated heterocycles. The number of hydrogen-bond donors (Lipinski definition) is 2. The van der Waals surface area contributed by atoms with Crippen molar-refractivity contribution in [2.45, 2.75) is 39.7 Å². The highest BCUT2D eigenvalue weighted by Gasteiger charge is 2.32. The van der Waals surface area contributed by atoms with E-state index in [1.807, 2.05) is 17.6 Å². The zero-order chi connectivity index (χ0) is 24.5. The second-order valence-corrected chi connectivity index (χ2v) is 9.94. The predicted octanol–water partition coefficient (Wildman–Crippen LogP) is 5.28. The van der Waals surface area contributed by atoms with E-state index < -0.39 is 12.0 Å². The van der Waals surface area contributed by atoms with Crippen molar-refractivity contribution in [2.24, 2.45) is 4.99 Å². The number of thiophene rings is 1. The first kappa shape index (κ1) is 23.0. The molecule has 5 rings (SSSR count). The van der Waals surface area contributed by atoms with Crippen LogP contribution in [0, 0.1) is 20.8 Å². The van der Waals surface area contributed by atoms with Crippen molar-refractivity contribution in [1.29, 1.82) is 0 Å². The highest BCUT2D eigenvalue weighted by molar-refractivity contribution is 7.15. The molecule has 0 saturated carbocycles. The van der Waals surface area contributed by atoms with E-state index in [0.717, 1.165) is 51.9 Å². The molecule has 3 heterocycles. The third-order valence-corrected chi connectivity index (χ3v) is 7.54. The van der Waals surface area contributed by atoms with Crippen LogP contribution in [0.3, 0.4) is 0 Å². The minimum Gasteiger partial charge on any atom is -0.481 e. The number of fused-ring (bicyclic) bond motifs is 3. The molecule has 2 N–H and O–H groups in total. The maximum Gasteiger partial charge on any atom is 0.306 e. The molecule has 0 bridgehead atoms. The summed E-state index contributed by atoms with van der Waals surface area (Å²) >= 11 is 1.67. The summed E-state index contributed by atoms with van der Waals surface area (Å²) in [6, 6.07) is 18.0. The molecule has 0 fully saturated rings. The number of aromatic nitrogens is 3. The highest BCUT2D eigenvalue weighted by atomic mass is 32.1. The molecule has 7 nitrogen and oxygen atoms in total. The summed E-state index contributed by atoms with van der Waals surface area (Å²) in [4.78, 5) is 17.9. The molecule has 35 heavy (non-hydrogen) atoms. The SMILES string of the molecule is Cc1sc2c(c1C)C(c1ccc(NCCc3ccccc3)cc1)=N[C@@H](CC(=O)O)c1nnc(C)n1-2. The maximum absolute atomic E-state index is 11.7. The number of rotatable bonds is 7. The van der Waals surface area contributed by atoms with Crippen LogP contribution < -0.4 is 5.32 Å². The lowest BCUT2D eigenvalue weighted by Crippen LogP contribution is -2.11. The molecule has 0 aliphatic carbocycles. The number of carboxylic acid groups (broad SMARTS) is 1. The molecule has 0 unspecified atom stereocenters. The third-order valence-electron chi connectivity index (χ3n) is 6.35. The predicted molar refractivity (Wildman–Crippen MR) is 139 cm³/mol. The van der Waals surface area contributed by atoms with Gasteiger partial charge < -0.3 is 10.4 Å².